The van der Waals surface area contributed by atoms with E-state index in [9.17, 15) is 0 Å². The second-order valence-corrected chi connectivity index (χ2v) is 5.24. The highest BCUT2D eigenvalue weighted by Gasteiger charge is 2.06. The maximum atomic E-state index is 4.37. The first-order chi connectivity index (χ1) is 9.24. The Morgan fingerprint density at radius 2 is 1.68 bits per heavy atom. The SMILES string of the molecule is Cc1[nH]c2ccccc2c1N=Nc1ccc(Br)cc1. The van der Waals surface area contributed by atoms with Crippen molar-refractivity contribution in [3.63, 3.8) is 0 Å². The number of nitrogens with one attached hydrogen (secondary N) is 1. The highest BCUT2D eigenvalue weighted by Crippen LogP contribution is 2.31. The second-order valence-electron chi connectivity index (χ2n) is 4.32. The van der Waals surface area contributed by atoms with Gasteiger partial charge < -0.3 is 4.98 Å². The summed E-state index contributed by atoms with van der Waals surface area (Å²) in [7, 11) is 0. The van der Waals surface area contributed by atoms with Gasteiger partial charge in [0, 0.05) is 21.1 Å². The van der Waals surface area contributed by atoms with Gasteiger partial charge >= 0.3 is 0 Å². The van der Waals surface area contributed by atoms with Gasteiger partial charge in [0.15, 0.2) is 0 Å². The average Bonchev–Trinajstić information content (AvgIpc) is 2.74. The van der Waals surface area contributed by atoms with Gasteiger partial charge in [-0.05, 0) is 37.3 Å². The van der Waals surface area contributed by atoms with E-state index in [1.54, 1.807) is 0 Å². The minimum absolute atomic E-state index is 0.841. The molecular formula is C15H12BrN3. The number of para-hydroxylation sites is 1. The van der Waals surface area contributed by atoms with Crippen molar-refractivity contribution in [2.75, 3.05) is 0 Å². The summed E-state index contributed by atoms with van der Waals surface area (Å²) < 4.78 is 1.04. The summed E-state index contributed by atoms with van der Waals surface area (Å²) in [6.45, 7) is 2.01. The molecule has 0 aliphatic rings. The van der Waals surface area contributed by atoms with Crippen LogP contribution in [0.2, 0.25) is 0 Å². The van der Waals surface area contributed by atoms with Crippen molar-refractivity contribution in [1.82, 2.24) is 4.98 Å². The zero-order valence-electron chi connectivity index (χ0n) is 10.4. The molecule has 0 spiro atoms. The van der Waals surface area contributed by atoms with Crippen LogP contribution < -0.4 is 0 Å². The van der Waals surface area contributed by atoms with Crippen molar-refractivity contribution in [3.8, 4) is 0 Å². The van der Waals surface area contributed by atoms with E-state index < -0.39 is 0 Å². The van der Waals surface area contributed by atoms with Crippen LogP contribution in [0.1, 0.15) is 5.69 Å². The van der Waals surface area contributed by atoms with Crippen molar-refractivity contribution in [3.05, 3.63) is 58.7 Å². The summed E-state index contributed by atoms with van der Waals surface area (Å²) in [6.07, 6.45) is 0. The molecule has 3 aromatic rings. The van der Waals surface area contributed by atoms with Crippen molar-refractivity contribution in [2.45, 2.75) is 6.92 Å². The number of aromatic nitrogens is 1. The van der Waals surface area contributed by atoms with Crippen LogP contribution in [-0.2, 0) is 0 Å². The maximum absolute atomic E-state index is 4.37. The van der Waals surface area contributed by atoms with Crippen LogP contribution in [0.25, 0.3) is 10.9 Å². The standard InChI is InChI=1S/C15H12BrN3/c1-10-15(13-4-2-3-5-14(13)17-10)19-18-12-8-6-11(16)7-9-12/h2-9,17H,1H3. The van der Waals surface area contributed by atoms with Gasteiger partial charge in [-0.1, -0.05) is 34.1 Å². The van der Waals surface area contributed by atoms with Gasteiger partial charge in [0.05, 0.1) is 5.69 Å². The molecule has 0 saturated heterocycles. The lowest BCUT2D eigenvalue weighted by molar-refractivity contribution is 1.20. The lowest BCUT2D eigenvalue weighted by Crippen LogP contribution is -1.68. The molecule has 0 bridgehead atoms. The second kappa shape index (κ2) is 4.97. The Kier molecular flexibility index (Phi) is 3.17. The van der Waals surface area contributed by atoms with E-state index in [0.29, 0.717) is 0 Å². The van der Waals surface area contributed by atoms with Crippen LogP contribution in [0.5, 0.6) is 0 Å². The van der Waals surface area contributed by atoms with Gasteiger partial charge in [-0.2, -0.15) is 5.11 Å². The number of aryl methyl sites for hydroxylation is 1. The van der Waals surface area contributed by atoms with Gasteiger partial charge in [-0.15, -0.1) is 5.11 Å². The van der Waals surface area contributed by atoms with Gasteiger partial charge in [0.1, 0.15) is 5.69 Å². The van der Waals surface area contributed by atoms with Crippen molar-refractivity contribution in [1.29, 1.82) is 0 Å². The number of aromatic amines is 1. The van der Waals surface area contributed by atoms with E-state index in [-0.39, 0.29) is 0 Å². The summed E-state index contributed by atoms with van der Waals surface area (Å²) >= 11 is 3.40. The molecule has 0 unspecified atom stereocenters. The highest BCUT2D eigenvalue weighted by molar-refractivity contribution is 9.10. The van der Waals surface area contributed by atoms with Crippen LogP contribution in [0.4, 0.5) is 11.4 Å². The Morgan fingerprint density at radius 3 is 2.47 bits per heavy atom. The lowest BCUT2D eigenvalue weighted by Gasteiger charge is -1.94. The third kappa shape index (κ3) is 2.44. The molecule has 3 rings (SSSR count). The molecular weight excluding hydrogens is 302 g/mol. The molecule has 0 fully saturated rings. The van der Waals surface area contributed by atoms with Crippen LogP contribution >= 0.6 is 15.9 Å². The summed E-state index contributed by atoms with van der Waals surface area (Å²) in [6, 6.07) is 15.9. The summed E-state index contributed by atoms with van der Waals surface area (Å²) in [4.78, 5) is 3.31. The summed E-state index contributed by atoms with van der Waals surface area (Å²) in [5.41, 5.74) is 3.86. The smallest absolute Gasteiger partial charge is 0.114 e. The normalized spacial score (nSPS) is 11.5. The first-order valence-electron chi connectivity index (χ1n) is 5.98. The molecule has 19 heavy (non-hydrogen) atoms. The number of fused-ring (bicyclic) bond motifs is 1. The monoisotopic (exact) mass is 313 g/mol. The molecule has 94 valence electrons. The molecule has 2 aromatic carbocycles. The fourth-order valence-corrected chi connectivity index (χ4v) is 2.27. The predicted octanol–water partition coefficient (Wildman–Crippen LogP) is 5.65. The molecule has 0 aliphatic heterocycles. The molecule has 0 saturated carbocycles. The number of rotatable bonds is 2. The Hall–Kier alpha value is -1.94. The molecule has 4 heteroatoms. The first-order valence-corrected chi connectivity index (χ1v) is 6.78. The third-order valence-electron chi connectivity index (χ3n) is 2.95. The topological polar surface area (TPSA) is 40.5 Å². The Balaban J connectivity index is 2.01. The molecule has 1 N–H and O–H groups in total. The highest BCUT2D eigenvalue weighted by atomic mass is 79.9. The zero-order valence-corrected chi connectivity index (χ0v) is 12.0. The van der Waals surface area contributed by atoms with Gasteiger partial charge in [-0.25, -0.2) is 0 Å². The first kappa shape index (κ1) is 12.1. The molecule has 1 heterocycles. The number of halogens is 1. The maximum Gasteiger partial charge on any atom is 0.114 e. The number of nitrogens with zero attached hydrogens (tertiary/aromatic N) is 2. The Labute approximate surface area is 119 Å². The van der Waals surface area contributed by atoms with Crippen molar-refractivity contribution >= 4 is 38.2 Å². The number of benzene rings is 2. The van der Waals surface area contributed by atoms with Crippen LogP contribution in [0, 0.1) is 6.92 Å². The lowest BCUT2D eigenvalue weighted by atomic mass is 10.2. The van der Waals surface area contributed by atoms with Crippen molar-refractivity contribution < 1.29 is 0 Å². The van der Waals surface area contributed by atoms with E-state index in [1.807, 2.05) is 49.4 Å². The number of azo groups is 1. The Bertz CT molecular complexity index is 742. The minimum atomic E-state index is 0.841. The summed E-state index contributed by atoms with van der Waals surface area (Å²) in [5.74, 6) is 0. The zero-order chi connectivity index (χ0) is 13.2. The number of H-pyrrole nitrogens is 1. The van der Waals surface area contributed by atoms with E-state index >= 15 is 0 Å². The van der Waals surface area contributed by atoms with Crippen LogP contribution in [0.3, 0.4) is 0 Å². The molecule has 0 amide bonds. The fraction of sp³-hybridized carbons (Fsp3) is 0.0667. The molecule has 0 atom stereocenters. The molecule has 3 nitrogen and oxygen atoms in total. The van der Waals surface area contributed by atoms with E-state index in [1.165, 1.54) is 0 Å². The van der Waals surface area contributed by atoms with Crippen molar-refractivity contribution in [2.24, 2.45) is 10.2 Å². The third-order valence-corrected chi connectivity index (χ3v) is 3.48. The summed E-state index contributed by atoms with van der Waals surface area (Å²) in [5, 5.41) is 9.76. The Morgan fingerprint density at radius 1 is 0.947 bits per heavy atom. The van der Waals surface area contributed by atoms with Gasteiger partial charge in [-0.3, -0.25) is 0 Å². The van der Waals surface area contributed by atoms with E-state index in [0.717, 1.165) is 32.4 Å². The number of hydrogen-bond donors (Lipinski definition) is 1. The average molecular weight is 314 g/mol. The van der Waals surface area contributed by atoms with Gasteiger partial charge in [0.25, 0.3) is 0 Å². The van der Waals surface area contributed by atoms with Gasteiger partial charge in [0.2, 0.25) is 0 Å². The molecule has 1 aromatic heterocycles. The van der Waals surface area contributed by atoms with E-state index in [2.05, 4.69) is 37.2 Å². The minimum Gasteiger partial charge on any atom is -0.357 e. The predicted molar refractivity (Wildman–Crippen MR) is 81.4 cm³/mol. The quantitative estimate of drug-likeness (QED) is 0.593. The molecule has 0 aliphatic carbocycles. The fourth-order valence-electron chi connectivity index (χ4n) is 2.01. The number of hydrogen-bond acceptors (Lipinski definition) is 2. The molecule has 0 radical (unpaired) electrons. The van der Waals surface area contributed by atoms with E-state index in [4.69, 9.17) is 0 Å². The largest absolute Gasteiger partial charge is 0.357 e. The van der Waals surface area contributed by atoms with Crippen LogP contribution in [-0.4, -0.2) is 4.98 Å². The van der Waals surface area contributed by atoms with Crippen LogP contribution in [0.15, 0.2) is 63.2 Å².